The predicted octanol–water partition coefficient (Wildman–Crippen LogP) is 1.53. The normalized spacial score (nSPS) is 10.2. The van der Waals surface area contributed by atoms with Gasteiger partial charge in [-0.15, -0.1) is 11.8 Å². The van der Waals surface area contributed by atoms with E-state index in [1.54, 1.807) is 16.9 Å². The molecule has 0 saturated heterocycles. The van der Waals surface area contributed by atoms with Gasteiger partial charge in [0.05, 0.1) is 19.1 Å². The topological polar surface area (TPSA) is 73.2 Å². The molecule has 19 heavy (non-hydrogen) atoms. The number of carbonyl (C=O) groups excluding carboxylic acids is 2. The van der Waals surface area contributed by atoms with Crippen LogP contribution in [0.4, 0.5) is 5.82 Å². The van der Waals surface area contributed by atoms with Crippen LogP contribution in [-0.4, -0.2) is 40.3 Å². The summed E-state index contributed by atoms with van der Waals surface area (Å²) < 4.78 is 6.28. The van der Waals surface area contributed by atoms with Gasteiger partial charge in [-0.05, 0) is 6.42 Å². The Morgan fingerprint density at radius 1 is 1.53 bits per heavy atom. The summed E-state index contributed by atoms with van der Waals surface area (Å²) >= 11 is 1.38. The largest absolute Gasteiger partial charge is 0.468 e. The Kier molecular flexibility index (Phi) is 7.02. The fourth-order valence-electron chi connectivity index (χ4n) is 1.41. The number of methoxy groups -OCH3 is 1. The van der Waals surface area contributed by atoms with Gasteiger partial charge in [0, 0.05) is 24.8 Å². The predicted molar refractivity (Wildman–Crippen MR) is 75.1 cm³/mol. The average molecular weight is 285 g/mol. The molecule has 1 rings (SSSR count). The molecule has 1 heterocycles. The van der Waals surface area contributed by atoms with Crippen LogP contribution in [0, 0.1) is 0 Å². The van der Waals surface area contributed by atoms with Gasteiger partial charge >= 0.3 is 5.97 Å². The monoisotopic (exact) mass is 285 g/mol. The van der Waals surface area contributed by atoms with Crippen LogP contribution < -0.4 is 5.32 Å². The van der Waals surface area contributed by atoms with Gasteiger partial charge in [0.15, 0.2) is 0 Å². The first-order valence-electron chi connectivity index (χ1n) is 6.13. The fraction of sp³-hybridized carbons (Fsp3) is 0.583. The molecule has 0 bridgehead atoms. The first-order chi connectivity index (χ1) is 9.17. The van der Waals surface area contributed by atoms with Crippen molar-refractivity contribution >= 4 is 29.5 Å². The standard InChI is InChI=1S/C12H19N3O3S/c1-3-7-15-10(4-6-13-15)14-11(16)5-8-19-9-12(17)18-2/h4,6H,3,5,7-9H2,1-2H3,(H,14,16). The number of carbonyl (C=O) groups is 2. The number of thioether (sulfide) groups is 1. The molecule has 0 fully saturated rings. The average Bonchev–Trinajstić information content (AvgIpc) is 2.82. The number of rotatable bonds is 8. The summed E-state index contributed by atoms with van der Waals surface area (Å²) in [5, 5.41) is 6.93. The van der Waals surface area contributed by atoms with E-state index in [1.807, 2.05) is 0 Å². The molecule has 0 saturated carbocycles. The Hall–Kier alpha value is -1.50. The third-order valence-electron chi connectivity index (χ3n) is 2.34. The zero-order valence-electron chi connectivity index (χ0n) is 11.2. The fourth-order valence-corrected chi connectivity index (χ4v) is 2.17. The number of esters is 1. The van der Waals surface area contributed by atoms with Crippen LogP contribution in [0.1, 0.15) is 19.8 Å². The molecule has 0 aliphatic rings. The van der Waals surface area contributed by atoms with Crippen molar-refractivity contribution in [1.82, 2.24) is 9.78 Å². The highest BCUT2D eigenvalue weighted by atomic mass is 32.2. The zero-order valence-corrected chi connectivity index (χ0v) is 12.0. The molecule has 1 aromatic rings. The van der Waals surface area contributed by atoms with Crippen LogP contribution in [0.5, 0.6) is 0 Å². The number of amides is 1. The summed E-state index contributed by atoms with van der Waals surface area (Å²) in [6.07, 6.45) is 2.98. The molecule has 1 N–H and O–H groups in total. The molecule has 6 nitrogen and oxygen atoms in total. The van der Waals surface area contributed by atoms with E-state index in [0.29, 0.717) is 18.0 Å². The van der Waals surface area contributed by atoms with Gasteiger partial charge in [-0.1, -0.05) is 6.92 Å². The van der Waals surface area contributed by atoms with E-state index < -0.39 is 0 Å². The van der Waals surface area contributed by atoms with Crippen molar-refractivity contribution in [1.29, 1.82) is 0 Å². The van der Waals surface area contributed by atoms with Gasteiger partial charge < -0.3 is 10.1 Å². The number of nitrogens with one attached hydrogen (secondary N) is 1. The van der Waals surface area contributed by atoms with Crippen molar-refractivity contribution in [2.24, 2.45) is 0 Å². The highest BCUT2D eigenvalue weighted by Crippen LogP contribution is 2.09. The van der Waals surface area contributed by atoms with E-state index in [2.05, 4.69) is 22.1 Å². The SMILES string of the molecule is CCCn1nccc1NC(=O)CCSCC(=O)OC. The highest BCUT2D eigenvalue weighted by molar-refractivity contribution is 7.99. The molecule has 0 radical (unpaired) electrons. The van der Waals surface area contributed by atoms with Gasteiger partial charge in [0.2, 0.25) is 5.91 Å². The second-order valence-corrected chi connectivity index (χ2v) is 4.97. The summed E-state index contributed by atoms with van der Waals surface area (Å²) in [4.78, 5) is 22.6. The van der Waals surface area contributed by atoms with Crippen molar-refractivity contribution in [2.75, 3.05) is 23.9 Å². The van der Waals surface area contributed by atoms with Gasteiger partial charge in [-0.25, -0.2) is 4.68 Å². The number of nitrogens with zero attached hydrogens (tertiary/aromatic N) is 2. The minimum absolute atomic E-state index is 0.0739. The van der Waals surface area contributed by atoms with Crippen molar-refractivity contribution in [3.63, 3.8) is 0 Å². The van der Waals surface area contributed by atoms with Gasteiger partial charge in [0.1, 0.15) is 5.82 Å². The van der Waals surface area contributed by atoms with Crippen molar-refractivity contribution < 1.29 is 14.3 Å². The molecule has 7 heteroatoms. The molecule has 0 spiro atoms. The van der Waals surface area contributed by atoms with Crippen LogP contribution in [0.25, 0.3) is 0 Å². The molecule has 0 aliphatic carbocycles. The summed E-state index contributed by atoms with van der Waals surface area (Å²) in [7, 11) is 1.35. The van der Waals surface area contributed by atoms with Crippen LogP contribution in [0.3, 0.4) is 0 Å². The number of hydrogen-bond acceptors (Lipinski definition) is 5. The van der Waals surface area contributed by atoms with E-state index >= 15 is 0 Å². The minimum atomic E-state index is -0.272. The Morgan fingerprint density at radius 2 is 2.32 bits per heavy atom. The lowest BCUT2D eigenvalue weighted by Crippen LogP contribution is -2.16. The zero-order chi connectivity index (χ0) is 14.1. The lowest BCUT2D eigenvalue weighted by atomic mass is 10.4. The molecule has 0 unspecified atom stereocenters. The Bertz CT molecular complexity index is 420. The van der Waals surface area contributed by atoms with Gasteiger partial charge in [0.25, 0.3) is 0 Å². The highest BCUT2D eigenvalue weighted by Gasteiger charge is 2.07. The van der Waals surface area contributed by atoms with Gasteiger partial charge in [-0.2, -0.15) is 5.10 Å². The molecule has 0 atom stereocenters. The van der Waals surface area contributed by atoms with Gasteiger partial charge in [-0.3, -0.25) is 9.59 Å². The third-order valence-corrected chi connectivity index (χ3v) is 3.27. The smallest absolute Gasteiger partial charge is 0.315 e. The maximum absolute atomic E-state index is 11.7. The molecule has 1 aromatic heterocycles. The molecular formula is C12H19N3O3S. The number of hydrogen-bond donors (Lipinski definition) is 1. The Morgan fingerprint density at radius 3 is 3.00 bits per heavy atom. The Labute approximate surface area is 116 Å². The van der Waals surface area contributed by atoms with Crippen molar-refractivity contribution in [3.05, 3.63) is 12.3 Å². The van der Waals surface area contributed by atoms with E-state index in [0.717, 1.165) is 13.0 Å². The first-order valence-corrected chi connectivity index (χ1v) is 7.29. The Balaban J connectivity index is 2.27. The molecular weight excluding hydrogens is 266 g/mol. The van der Waals surface area contributed by atoms with E-state index in [1.165, 1.54) is 18.9 Å². The first kappa shape index (κ1) is 15.6. The summed E-state index contributed by atoms with van der Waals surface area (Å²) in [5.41, 5.74) is 0. The van der Waals surface area contributed by atoms with E-state index in [4.69, 9.17) is 0 Å². The quantitative estimate of drug-likeness (QED) is 0.579. The van der Waals surface area contributed by atoms with Crippen LogP contribution in [0.2, 0.25) is 0 Å². The number of aromatic nitrogens is 2. The molecule has 1 amide bonds. The molecule has 106 valence electrons. The summed E-state index contributed by atoms with van der Waals surface area (Å²) in [6, 6.07) is 1.77. The maximum Gasteiger partial charge on any atom is 0.315 e. The van der Waals surface area contributed by atoms with E-state index in [-0.39, 0.29) is 17.6 Å². The second-order valence-electron chi connectivity index (χ2n) is 3.87. The number of anilines is 1. The molecule has 0 aliphatic heterocycles. The summed E-state index contributed by atoms with van der Waals surface area (Å²) in [5.74, 6) is 1.23. The second kappa shape index (κ2) is 8.58. The maximum atomic E-state index is 11.7. The van der Waals surface area contributed by atoms with E-state index in [9.17, 15) is 9.59 Å². The van der Waals surface area contributed by atoms with Crippen LogP contribution in [0.15, 0.2) is 12.3 Å². The summed E-state index contributed by atoms with van der Waals surface area (Å²) in [6.45, 7) is 2.83. The minimum Gasteiger partial charge on any atom is -0.468 e. The van der Waals surface area contributed by atoms with Crippen molar-refractivity contribution in [3.8, 4) is 0 Å². The molecule has 0 aromatic carbocycles. The number of ether oxygens (including phenoxy) is 1. The lowest BCUT2D eigenvalue weighted by Gasteiger charge is -2.07. The number of aryl methyl sites for hydroxylation is 1. The van der Waals surface area contributed by atoms with Crippen molar-refractivity contribution in [2.45, 2.75) is 26.3 Å². The van der Waals surface area contributed by atoms with Crippen LogP contribution >= 0.6 is 11.8 Å². The third kappa shape index (κ3) is 5.78. The lowest BCUT2D eigenvalue weighted by molar-refractivity contribution is -0.137. The van der Waals surface area contributed by atoms with Crippen LogP contribution in [-0.2, 0) is 20.9 Å².